The lowest BCUT2D eigenvalue weighted by atomic mass is 9.62. The van der Waals surface area contributed by atoms with Crippen LogP contribution in [0.15, 0.2) is 11.6 Å². The van der Waals surface area contributed by atoms with E-state index in [1.807, 2.05) is 0 Å². The zero-order valence-corrected chi connectivity index (χ0v) is 7.94. The average Bonchev–Trinajstić information content (AvgIpc) is 2.28. The number of hydrogen-bond acceptors (Lipinski definition) is 3. The highest BCUT2D eigenvalue weighted by Crippen LogP contribution is 2.40. The maximum absolute atomic E-state index is 9.60. The van der Waals surface area contributed by atoms with Gasteiger partial charge in [0, 0.05) is 5.92 Å². The molecule has 0 saturated heterocycles. The Bertz CT molecular complexity index is 219. The molecule has 0 spiro atoms. The Labute approximate surface area is 79.5 Å². The van der Waals surface area contributed by atoms with Crippen LogP contribution in [0.1, 0.15) is 13.8 Å². The molecule has 13 heavy (non-hydrogen) atoms. The molecule has 72 valence electrons. The Hall–Kier alpha value is -0.315. The third-order valence-corrected chi connectivity index (χ3v) is 2.51. The van der Waals surface area contributed by atoms with Crippen LogP contribution in [0.3, 0.4) is 0 Å². The fourth-order valence-corrected chi connectivity index (χ4v) is 1.64. The summed E-state index contributed by atoms with van der Waals surface area (Å²) in [6.45, 7) is 3.33. The standard InChI is InChI=1S/C9H15BO3/c1-9(2,10)6-3-5(4-11)7(12)8(6)13/h3,6-8,11-13H,4H2,1-2H3. The Morgan fingerprint density at radius 3 is 2.23 bits per heavy atom. The molecule has 0 aliphatic heterocycles. The van der Waals surface area contributed by atoms with Crippen LogP contribution in [0.25, 0.3) is 0 Å². The molecule has 0 bridgehead atoms. The SMILES string of the molecule is [B]C(C)(C)C1C=C(CO)C(O)C1O. The van der Waals surface area contributed by atoms with Crippen LogP contribution in [-0.4, -0.2) is 42.0 Å². The van der Waals surface area contributed by atoms with Crippen molar-refractivity contribution in [2.45, 2.75) is 31.4 Å². The van der Waals surface area contributed by atoms with E-state index in [-0.39, 0.29) is 12.5 Å². The van der Waals surface area contributed by atoms with Crippen molar-refractivity contribution in [3.63, 3.8) is 0 Å². The van der Waals surface area contributed by atoms with Gasteiger partial charge < -0.3 is 15.3 Å². The molecular weight excluding hydrogens is 167 g/mol. The van der Waals surface area contributed by atoms with Gasteiger partial charge in [0.1, 0.15) is 6.10 Å². The largest absolute Gasteiger partial charge is 0.392 e. The third-order valence-electron chi connectivity index (χ3n) is 2.51. The molecule has 2 radical (unpaired) electrons. The van der Waals surface area contributed by atoms with E-state index in [1.165, 1.54) is 0 Å². The first-order valence-corrected chi connectivity index (χ1v) is 4.34. The molecule has 1 aliphatic carbocycles. The third kappa shape index (κ3) is 1.95. The van der Waals surface area contributed by atoms with E-state index in [1.54, 1.807) is 19.9 Å². The van der Waals surface area contributed by atoms with Gasteiger partial charge in [0.15, 0.2) is 0 Å². The topological polar surface area (TPSA) is 60.7 Å². The first-order chi connectivity index (χ1) is 5.88. The molecule has 0 aromatic rings. The monoisotopic (exact) mass is 182 g/mol. The van der Waals surface area contributed by atoms with E-state index in [2.05, 4.69) is 0 Å². The van der Waals surface area contributed by atoms with Gasteiger partial charge >= 0.3 is 0 Å². The Morgan fingerprint density at radius 2 is 2.00 bits per heavy atom. The molecule has 1 aliphatic rings. The number of aliphatic hydroxyl groups excluding tert-OH is 3. The maximum atomic E-state index is 9.60. The average molecular weight is 182 g/mol. The first-order valence-electron chi connectivity index (χ1n) is 4.34. The lowest BCUT2D eigenvalue weighted by molar-refractivity contribution is 0.0170. The van der Waals surface area contributed by atoms with Crippen molar-refractivity contribution in [1.82, 2.24) is 0 Å². The smallest absolute Gasteiger partial charge is 0.104 e. The molecule has 3 atom stereocenters. The molecular formula is C9H15BO3. The van der Waals surface area contributed by atoms with Crippen LogP contribution in [0.4, 0.5) is 0 Å². The van der Waals surface area contributed by atoms with E-state index >= 15 is 0 Å². The van der Waals surface area contributed by atoms with Gasteiger partial charge in [-0.1, -0.05) is 25.2 Å². The van der Waals surface area contributed by atoms with E-state index in [9.17, 15) is 10.2 Å². The lowest BCUT2D eigenvalue weighted by Crippen LogP contribution is -2.33. The minimum absolute atomic E-state index is 0.231. The van der Waals surface area contributed by atoms with Crippen molar-refractivity contribution >= 4 is 7.85 Å². The van der Waals surface area contributed by atoms with Gasteiger partial charge in [-0.3, -0.25) is 0 Å². The minimum atomic E-state index is -0.974. The van der Waals surface area contributed by atoms with Crippen molar-refractivity contribution in [1.29, 1.82) is 0 Å². The second-order valence-corrected chi connectivity index (χ2v) is 4.18. The van der Waals surface area contributed by atoms with Gasteiger partial charge in [0.05, 0.1) is 20.6 Å². The van der Waals surface area contributed by atoms with Crippen molar-refractivity contribution < 1.29 is 15.3 Å². The molecule has 1 rings (SSSR count). The fraction of sp³-hybridized carbons (Fsp3) is 0.778. The predicted octanol–water partition coefficient (Wildman–Crippen LogP) is -0.376. The molecule has 0 heterocycles. The van der Waals surface area contributed by atoms with Gasteiger partial charge in [0.25, 0.3) is 0 Å². The van der Waals surface area contributed by atoms with E-state index in [0.717, 1.165) is 0 Å². The van der Waals surface area contributed by atoms with Crippen molar-refractivity contribution in [2.75, 3.05) is 6.61 Å². The number of aliphatic hydroxyl groups is 3. The zero-order chi connectivity index (χ0) is 10.2. The predicted molar refractivity (Wildman–Crippen MR) is 50.5 cm³/mol. The van der Waals surface area contributed by atoms with Crippen LogP contribution in [0, 0.1) is 5.92 Å². The quantitative estimate of drug-likeness (QED) is 0.403. The summed E-state index contributed by atoms with van der Waals surface area (Å²) in [5.41, 5.74) is 0.455. The lowest BCUT2D eigenvalue weighted by Gasteiger charge is -2.30. The molecule has 4 heteroatoms. The van der Waals surface area contributed by atoms with Crippen molar-refractivity contribution in [2.24, 2.45) is 5.92 Å². The Balaban J connectivity index is 2.86. The summed E-state index contributed by atoms with van der Waals surface area (Å²) in [6.07, 6.45) is -0.213. The molecule has 0 saturated carbocycles. The number of rotatable bonds is 2. The summed E-state index contributed by atoms with van der Waals surface area (Å²) in [5, 5.41) is 27.3. The van der Waals surface area contributed by atoms with Crippen LogP contribution >= 0.6 is 0 Å². The summed E-state index contributed by atoms with van der Waals surface area (Å²) in [6, 6.07) is 0. The van der Waals surface area contributed by atoms with Gasteiger partial charge in [-0.25, -0.2) is 0 Å². The van der Waals surface area contributed by atoms with Gasteiger partial charge in [-0.15, -0.1) is 0 Å². The van der Waals surface area contributed by atoms with E-state index in [0.29, 0.717) is 5.57 Å². The van der Waals surface area contributed by atoms with Gasteiger partial charge in [-0.05, 0) is 5.57 Å². The molecule has 0 aromatic carbocycles. The van der Waals surface area contributed by atoms with E-state index in [4.69, 9.17) is 13.0 Å². The normalized spacial score (nSPS) is 34.8. The number of hydrogen-bond donors (Lipinski definition) is 3. The van der Waals surface area contributed by atoms with Crippen LogP contribution in [-0.2, 0) is 0 Å². The van der Waals surface area contributed by atoms with Crippen molar-refractivity contribution in [3.05, 3.63) is 11.6 Å². The fourth-order valence-electron chi connectivity index (χ4n) is 1.64. The summed E-state index contributed by atoms with van der Waals surface area (Å²) < 4.78 is 0. The molecule has 3 nitrogen and oxygen atoms in total. The minimum Gasteiger partial charge on any atom is -0.392 e. The highest BCUT2D eigenvalue weighted by molar-refractivity contribution is 6.15. The first kappa shape index (κ1) is 10.8. The van der Waals surface area contributed by atoms with Crippen LogP contribution in [0.2, 0.25) is 5.31 Å². The summed E-state index contributed by atoms with van der Waals surface area (Å²) in [5.74, 6) is -0.301. The van der Waals surface area contributed by atoms with Crippen LogP contribution < -0.4 is 0 Å². The summed E-state index contributed by atoms with van der Waals surface area (Å²) in [7, 11) is 5.81. The Kier molecular flexibility index (Phi) is 2.85. The summed E-state index contributed by atoms with van der Waals surface area (Å²) >= 11 is 0. The zero-order valence-electron chi connectivity index (χ0n) is 7.94. The van der Waals surface area contributed by atoms with Gasteiger partial charge in [0.2, 0.25) is 0 Å². The van der Waals surface area contributed by atoms with Crippen molar-refractivity contribution in [3.8, 4) is 0 Å². The second-order valence-electron chi connectivity index (χ2n) is 4.18. The van der Waals surface area contributed by atoms with Crippen LogP contribution in [0.5, 0.6) is 0 Å². The van der Waals surface area contributed by atoms with E-state index < -0.39 is 17.5 Å². The highest BCUT2D eigenvalue weighted by atomic mass is 16.3. The molecule has 3 unspecified atom stereocenters. The maximum Gasteiger partial charge on any atom is 0.104 e. The second kappa shape index (κ2) is 3.44. The molecule has 0 amide bonds. The van der Waals surface area contributed by atoms with Gasteiger partial charge in [-0.2, -0.15) is 0 Å². The molecule has 0 fully saturated rings. The highest BCUT2D eigenvalue weighted by Gasteiger charge is 2.39. The Morgan fingerprint density at radius 1 is 1.46 bits per heavy atom. The molecule has 3 N–H and O–H groups in total. The molecule has 0 aromatic heterocycles. The summed E-state index contributed by atoms with van der Waals surface area (Å²) in [4.78, 5) is 0.